The summed E-state index contributed by atoms with van der Waals surface area (Å²) in [5, 5.41) is 36.1. The van der Waals surface area contributed by atoms with Gasteiger partial charge in [-0.3, -0.25) is 14.4 Å². The summed E-state index contributed by atoms with van der Waals surface area (Å²) in [6, 6.07) is 0. The Bertz CT molecular complexity index is 714. The molecule has 2 rings (SSSR count). The summed E-state index contributed by atoms with van der Waals surface area (Å²) in [5.41, 5.74) is -4.08. The van der Waals surface area contributed by atoms with Crippen LogP contribution in [0.25, 0.3) is 0 Å². The van der Waals surface area contributed by atoms with Crippen LogP contribution in [0.2, 0.25) is 0 Å². The Balaban J connectivity index is 2.48. The fourth-order valence-corrected chi connectivity index (χ4v) is 5.95. The van der Waals surface area contributed by atoms with Crippen molar-refractivity contribution in [2.75, 3.05) is 12.9 Å². The maximum atomic E-state index is 13.5. The Kier molecular flexibility index (Phi) is 9.75. The lowest BCUT2D eigenvalue weighted by Crippen LogP contribution is -2.71. The van der Waals surface area contributed by atoms with Crippen LogP contribution in [-0.4, -0.2) is 68.5 Å². The molecule has 0 spiro atoms. The lowest BCUT2D eigenvalue weighted by molar-refractivity contribution is -0.154. The van der Waals surface area contributed by atoms with E-state index >= 15 is 0 Å². The van der Waals surface area contributed by atoms with Gasteiger partial charge in [0.05, 0.1) is 31.0 Å². The fourth-order valence-electron chi connectivity index (χ4n) is 5.00. The zero-order valence-corrected chi connectivity index (χ0v) is 20.0. The summed E-state index contributed by atoms with van der Waals surface area (Å²) in [7, 11) is 1.20. The van der Waals surface area contributed by atoms with Crippen LogP contribution in [0.15, 0.2) is 12.2 Å². The van der Waals surface area contributed by atoms with Gasteiger partial charge in [0, 0.05) is 5.92 Å². The summed E-state index contributed by atoms with van der Waals surface area (Å²) in [4.78, 5) is 38.3. The summed E-state index contributed by atoms with van der Waals surface area (Å²) < 4.78 is 4.61. The predicted octanol–water partition coefficient (Wildman–Crippen LogP) is 1.70. The highest BCUT2D eigenvalue weighted by Gasteiger charge is 2.71. The van der Waals surface area contributed by atoms with Gasteiger partial charge in [-0.2, -0.15) is 0 Å². The summed E-state index contributed by atoms with van der Waals surface area (Å²) in [6.07, 6.45) is 6.11. The van der Waals surface area contributed by atoms with E-state index in [-0.39, 0.29) is 12.2 Å². The van der Waals surface area contributed by atoms with Gasteiger partial charge in [-0.15, -0.1) is 0 Å². The molecule has 1 aliphatic carbocycles. The van der Waals surface area contributed by atoms with Crippen LogP contribution in [0.1, 0.15) is 65.2 Å². The van der Waals surface area contributed by atoms with Crippen LogP contribution >= 0.6 is 11.8 Å². The molecule has 0 bridgehead atoms. The monoisotopic (exact) mass is 471 g/mol. The second-order valence-electron chi connectivity index (χ2n) is 8.74. The van der Waals surface area contributed by atoms with Gasteiger partial charge in [0.2, 0.25) is 11.0 Å². The number of carbonyl (C=O) groups is 3. The Morgan fingerprint density at radius 3 is 2.59 bits per heavy atom. The number of esters is 1. The number of allylic oxidation sites excluding steroid dienone is 1. The maximum Gasteiger partial charge on any atom is 0.316 e. The molecule has 2 aliphatic rings. The number of aliphatic hydroxyl groups is 3. The van der Waals surface area contributed by atoms with E-state index < -0.39 is 52.2 Å². The SMILES string of the molecule is CCCCCC(O)[C@H]1C(=O)N[C@](C(=O)SCC(=O)OC)([C@@H](O)[C@@H]2C=CCCC2)[C@]1(O)CC. The first-order chi connectivity index (χ1) is 15.2. The number of thioether (sulfide) groups is 1. The zero-order chi connectivity index (χ0) is 23.9. The first-order valence-corrected chi connectivity index (χ1v) is 12.5. The number of hydrogen-bond donors (Lipinski definition) is 4. The molecular weight excluding hydrogens is 434 g/mol. The third kappa shape index (κ3) is 5.05. The standard InChI is InChI=1S/C23H37NO7S/c1-4-6-8-13-16(25)18-20(28)24-23(22(18,30)5-2,21(29)32-14-17(26)31-3)19(27)15-11-9-7-10-12-15/h9,11,15-16,18-19,25,27,30H,4-8,10,12-14H2,1-3H3,(H,24,28)/t15-,16?,18+,19+,22+,23+/m1/s1. The predicted molar refractivity (Wildman–Crippen MR) is 122 cm³/mol. The first kappa shape index (κ1) is 26.8. The Hall–Kier alpha value is -1.42. The van der Waals surface area contributed by atoms with Gasteiger partial charge in [0.15, 0.2) is 5.54 Å². The smallest absolute Gasteiger partial charge is 0.316 e. The lowest BCUT2D eigenvalue weighted by Gasteiger charge is -2.47. The van der Waals surface area contributed by atoms with Crippen LogP contribution in [0.4, 0.5) is 0 Å². The third-order valence-corrected chi connectivity index (χ3v) is 7.80. The quantitative estimate of drug-likeness (QED) is 0.203. The normalized spacial score (nSPS) is 31.8. The van der Waals surface area contributed by atoms with Gasteiger partial charge < -0.3 is 25.4 Å². The fraction of sp³-hybridized carbons (Fsp3) is 0.783. The van der Waals surface area contributed by atoms with E-state index in [1.165, 1.54) is 7.11 Å². The molecule has 1 amide bonds. The van der Waals surface area contributed by atoms with Crippen molar-refractivity contribution in [2.45, 2.75) is 88.6 Å². The molecule has 32 heavy (non-hydrogen) atoms. The van der Waals surface area contributed by atoms with Crippen molar-refractivity contribution in [3.63, 3.8) is 0 Å². The van der Waals surface area contributed by atoms with Crippen molar-refractivity contribution in [3.8, 4) is 0 Å². The summed E-state index contributed by atoms with van der Waals surface area (Å²) in [6.45, 7) is 3.65. The highest BCUT2D eigenvalue weighted by atomic mass is 32.2. The molecule has 6 atom stereocenters. The van der Waals surface area contributed by atoms with Crippen LogP contribution in [-0.2, 0) is 19.1 Å². The number of unbranched alkanes of at least 4 members (excludes halogenated alkanes) is 2. The van der Waals surface area contributed by atoms with Crippen molar-refractivity contribution in [2.24, 2.45) is 11.8 Å². The van der Waals surface area contributed by atoms with Gasteiger partial charge in [-0.05, 0) is 32.1 Å². The van der Waals surface area contributed by atoms with Gasteiger partial charge in [-0.25, -0.2) is 0 Å². The second kappa shape index (κ2) is 11.6. The molecule has 0 aromatic heterocycles. The van der Waals surface area contributed by atoms with Crippen molar-refractivity contribution >= 4 is 28.8 Å². The topological polar surface area (TPSA) is 133 Å². The lowest BCUT2D eigenvalue weighted by atomic mass is 9.66. The maximum absolute atomic E-state index is 13.5. The molecule has 1 unspecified atom stereocenters. The Labute approximate surface area is 194 Å². The summed E-state index contributed by atoms with van der Waals surface area (Å²) >= 11 is 0.599. The number of nitrogens with one attached hydrogen (secondary N) is 1. The minimum absolute atomic E-state index is 0.0424. The molecule has 0 aromatic rings. The average Bonchev–Trinajstić information content (AvgIpc) is 3.05. The molecule has 0 radical (unpaired) electrons. The van der Waals surface area contributed by atoms with Gasteiger partial charge in [0.1, 0.15) is 5.60 Å². The minimum atomic E-state index is -2.06. The van der Waals surface area contributed by atoms with Crippen molar-refractivity contribution in [1.29, 1.82) is 0 Å². The molecule has 1 aliphatic heterocycles. The third-order valence-electron chi connectivity index (χ3n) is 6.84. The van der Waals surface area contributed by atoms with E-state index in [0.717, 1.165) is 25.7 Å². The van der Waals surface area contributed by atoms with E-state index in [0.29, 0.717) is 31.0 Å². The number of amides is 1. The Morgan fingerprint density at radius 1 is 1.31 bits per heavy atom. The molecule has 182 valence electrons. The van der Waals surface area contributed by atoms with E-state index in [2.05, 4.69) is 10.1 Å². The molecule has 8 nitrogen and oxygen atoms in total. The molecule has 9 heteroatoms. The van der Waals surface area contributed by atoms with Gasteiger partial charge in [0.25, 0.3) is 0 Å². The van der Waals surface area contributed by atoms with E-state index in [1.807, 2.05) is 13.0 Å². The molecule has 1 fully saturated rings. The minimum Gasteiger partial charge on any atom is -0.468 e. The van der Waals surface area contributed by atoms with Crippen molar-refractivity contribution in [1.82, 2.24) is 5.32 Å². The largest absolute Gasteiger partial charge is 0.468 e. The zero-order valence-electron chi connectivity index (χ0n) is 19.2. The van der Waals surface area contributed by atoms with Gasteiger partial charge in [-0.1, -0.05) is 57.0 Å². The number of hydrogen-bond acceptors (Lipinski definition) is 8. The van der Waals surface area contributed by atoms with Crippen LogP contribution in [0.3, 0.4) is 0 Å². The molecule has 4 N–H and O–H groups in total. The van der Waals surface area contributed by atoms with E-state index in [1.54, 1.807) is 13.0 Å². The van der Waals surface area contributed by atoms with Crippen LogP contribution in [0, 0.1) is 11.8 Å². The number of carbonyl (C=O) groups excluding carboxylic acids is 3. The molecular formula is C23H37NO7S. The molecule has 0 aromatic carbocycles. The number of rotatable bonds is 11. The number of ether oxygens (including phenoxy) is 1. The van der Waals surface area contributed by atoms with E-state index in [9.17, 15) is 29.7 Å². The highest BCUT2D eigenvalue weighted by molar-refractivity contribution is 8.14. The highest BCUT2D eigenvalue weighted by Crippen LogP contribution is 2.48. The Morgan fingerprint density at radius 2 is 2.03 bits per heavy atom. The summed E-state index contributed by atoms with van der Waals surface area (Å²) in [5.74, 6) is -3.34. The second-order valence-corrected chi connectivity index (χ2v) is 9.68. The number of aliphatic hydroxyl groups excluding tert-OH is 2. The van der Waals surface area contributed by atoms with Crippen molar-refractivity contribution < 1.29 is 34.4 Å². The van der Waals surface area contributed by atoms with Crippen molar-refractivity contribution in [3.05, 3.63) is 12.2 Å². The molecule has 1 saturated heterocycles. The number of methoxy groups -OCH3 is 1. The van der Waals surface area contributed by atoms with E-state index in [4.69, 9.17) is 0 Å². The van der Waals surface area contributed by atoms with Crippen LogP contribution in [0.5, 0.6) is 0 Å². The first-order valence-electron chi connectivity index (χ1n) is 11.5. The molecule has 0 saturated carbocycles. The average molecular weight is 472 g/mol. The van der Waals surface area contributed by atoms with Gasteiger partial charge >= 0.3 is 5.97 Å². The van der Waals surface area contributed by atoms with Crippen LogP contribution < -0.4 is 5.32 Å². The molecule has 1 heterocycles.